The molecule has 1 aliphatic heterocycles. The maximum atomic E-state index is 12.8. The normalized spacial score (nSPS) is 12.3. The van der Waals surface area contributed by atoms with Crippen molar-refractivity contribution in [2.75, 3.05) is 23.8 Å². The number of benzene rings is 2. The highest BCUT2D eigenvalue weighted by atomic mass is 35.5. The van der Waals surface area contributed by atoms with Crippen LogP contribution in [0, 0.1) is 0 Å². The first-order chi connectivity index (χ1) is 14.9. The van der Waals surface area contributed by atoms with Gasteiger partial charge >= 0.3 is 6.03 Å². The number of hydrogen-bond donors (Lipinski definition) is 2. The van der Waals surface area contributed by atoms with Crippen LogP contribution in [0.3, 0.4) is 0 Å². The number of amides is 3. The average Bonchev–Trinajstić information content (AvgIpc) is 3.16. The molecule has 4 rings (SSSR count). The maximum Gasteiger partial charge on any atom is 0.326 e. The van der Waals surface area contributed by atoms with Gasteiger partial charge in [-0.1, -0.05) is 23.2 Å². The van der Waals surface area contributed by atoms with Crippen LogP contribution in [-0.4, -0.2) is 30.5 Å². The van der Waals surface area contributed by atoms with Gasteiger partial charge in [0.25, 0.3) is 5.91 Å². The number of aromatic nitrogens is 1. The van der Waals surface area contributed by atoms with Crippen molar-refractivity contribution in [3.63, 3.8) is 0 Å². The van der Waals surface area contributed by atoms with E-state index in [1.165, 1.54) is 6.20 Å². The van der Waals surface area contributed by atoms with Crippen molar-refractivity contribution < 1.29 is 14.3 Å². The molecule has 1 aliphatic rings. The van der Waals surface area contributed by atoms with Crippen LogP contribution in [-0.2, 0) is 6.42 Å². The van der Waals surface area contributed by atoms with Crippen LogP contribution in [0.1, 0.15) is 16.1 Å². The van der Waals surface area contributed by atoms with E-state index in [0.29, 0.717) is 40.2 Å². The Morgan fingerprint density at radius 1 is 1.03 bits per heavy atom. The van der Waals surface area contributed by atoms with Crippen molar-refractivity contribution >= 4 is 46.5 Å². The van der Waals surface area contributed by atoms with E-state index in [9.17, 15) is 9.59 Å². The van der Waals surface area contributed by atoms with Gasteiger partial charge in [0.15, 0.2) is 0 Å². The van der Waals surface area contributed by atoms with Crippen LogP contribution >= 0.6 is 23.2 Å². The Hall–Kier alpha value is -3.29. The minimum absolute atomic E-state index is 0.268. The van der Waals surface area contributed by atoms with Gasteiger partial charge in [0.2, 0.25) is 0 Å². The maximum absolute atomic E-state index is 12.8. The molecule has 0 atom stereocenters. The Labute approximate surface area is 188 Å². The first-order valence-electron chi connectivity index (χ1n) is 9.46. The number of hydrogen-bond acceptors (Lipinski definition) is 4. The van der Waals surface area contributed by atoms with Crippen LogP contribution in [0.15, 0.2) is 54.7 Å². The summed E-state index contributed by atoms with van der Waals surface area (Å²) in [4.78, 5) is 30.2. The van der Waals surface area contributed by atoms with Crippen LogP contribution < -0.4 is 20.3 Å². The fourth-order valence-corrected chi connectivity index (χ4v) is 3.86. The van der Waals surface area contributed by atoms with E-state index in [4.69, 9.17) is 27.9 Å². The molecule has 2 aromatic carbocycles. The predicted molar refractivity (Wildman–Crippen MR) is 121 cm³/mol. The van der Waals surface area contributed by atoms with Gasteiger partial charge in [0.05, 0.1) is 0 Å². The Morgan fingerprint density at radius 2 is 1.77 bits per heavy atom. The number of halogens is 2. The number of pyridine rings is 1. The van der Waals surface area contributed by atoms with Crippen LogP contribution in [0.2, 0.25) is 10.0 Å². The number of nitrogens with zero attached hydrogens (tertiary/aromatic N) is 2. The molecule has 3 amide bonds. The summed E-state index contributed by atoms with van der Waals surface area (Å²) < 4.78 is 5.89. The quantitative estimate of drug-likeness (QED) is 0.569. The average molecular weight is 457 g/mol. The largest absolute Gasteiger partial charge is 0.457 e. The first-order valence-corrected chi connectivity index (χ1v) is 10.2. The first kappa shape index (κ1) is 21.0. The Bertz CT molecular complexity index is 1150. The zero-order valence-electron chi connectivity index (χ0n) is 16.5. The highest BCUT2D eigenvalue weighted by Crippen LogP contribution is 2.34. The number of nitrogens with one attached hydrogen (secondary N) is 2. The number of carbonyl (C=O) groups is 2. The van der Waals surface area contributed by atoms with E-state index in [0.717, 1.165) is 11.3 Å². The molecule has 0 bridgehead atoms. The number of rotatable bonds is 4. The number of fused-ring (bicyclic) bond motifs is 1. The van der Waals surface area contributed by atoms with Gasteiger partial charge in [-0.25, -0.2) is 4.79 Å². The second kappa shape index (κ2) is 8.83. The molecule has 0 saturated carbocycles. The molecule has 7 nitrogen and oxygen atoms in total. The SMILES string of the molecule is CNC(=O)c1cc(Oc2ccc3c(c2)CCN3C(=O)Nc2cc(Cl)cc(Cl)c2)ccn1. The van der Waals surface area contributed by atoms with Crippen molar-refractivity contribution in [2.45, 2.75) is 6.42 Å². The summed E-state index contributed by atoms with van der Waals surface area (Å²) in [5.74, 6) is 0.817. The standard InChI is InChI=1S/C22H18Cl2N4O3/c1-25-21(29)19-12-18(4-6-26-19)31-17-2-3-20-13(8-17)5-7-28(20)22(30)27-16-10-14(23)9-15(24)11-16/h2-4,6,8-12H,5,7H2,1H3,(H,25,29)(H,27,30). The molecular weight excluding hydrogens is 439 g/mol. The third kappa shape index (κ3) is 4.73. The van der Waals surface area contributed by atoms with Crippen LogP contribution in [0.25, 0.3) is 0 Å². The summed E-state index contributed by atoms with van der Waals surface area (Å²) in [7, 11) is 1.54. The van der Waals surface area contributed by atoms with E-state index in [-0.39, 0.29) is 17.6 Å². The smallest absolute Gasteiger partial charge is 0.326 e. The molecule has 3 aromatic rings. The van der Waals surface area contributed by atoms with Crippen LogP contribution in [0.5, 0.6) is 11.5 Å². The molecule has 0 radical (unpaired) electrons. The van der Waals surface area contributed by atoms with Gasteiger partial charge in [0.1, 0.15) is 17.2 Å². The fourth-order valence-electron chi connectivity index (χ4n) is 3.33. The Kier molecular flexibility index (Phi) is 5.97. The summed E-state index contributed by atoms with van der Waals surface area (Å²) in [5.41, 5.74) is 2.58. The minimum Gasteiger partial charge on any atom is -0.457 e. The zero-order valence-corrected chi connectivity index (χ0v) is 18.0. The van der Waals surface area contributed by atoms with Gasteiger partial charge in [-0.15, -0.1) is 0 Å². The summed E-state index contributed by atoms with van der Waals surface area (Å²) in [6, 6.07) is 13.4. The van der Waals surface area contributed by atoms with Crippen LogP contribution in [0.4, 0.5) is 16.2 Å². The third-order valence-corrected chi connectivity index (χ3v) is 5.17. The predicted octanol–water partition coefficient (Wildman–Crippen LogP) is 5.13. The van der Waals surface area contributed by atoms with Gasteiger partial charge in [-0.05, 0) is 54.4 Å². The van der Waals surface area contributed by atoms with Crippen molar-refractivity contribution in [3.05, 3.63) is 76.0 Å². The molecule has 9 heteroatoms. The van der Waals surface area contributed by atoms with Gasteiger partial charge < -0.3 is 15.4 Å². The highest BCUT2D eigenvalue weighted by Gasteiger charge is 2.25. The lowest BCUT2D eigenvalue weighted by atomic mass is 10.1. The van der Waals surface area contributed by atoms with Crippen molar-refractivity contribution in [1.82, 2.24) is 10.3 Å². The molecule has 0 fully saturated rings. The lowest BCUT2D eigenvalue weighted by molar-refractivity contribution is 0.0958. The van der Waals surface area contributed by atoms with E-state index < -0.39 is 0 Å². The second-order valence-electron chi connectivity index (χ2n) is 6.84. The number of carbonyl (C=O) groups excluding carboxylic acids is 2. The van der Waals surface area contributed by atoms with Gasteiger partial charge in [-0.2, -0.15) is 0 Å². The van der Waals surface area contributed by atoms with E-state index in [1.807, 2.05) is 12.1 Å². The number of ether oxygens (including phenoxy) is 1. The molecule has 0 aliphatic carbocycles. The van der Waals surface area contributed by atoms with E-state index in [1.54, 1.807) is 48.3 Å². The zero-order chi connectivity index (χ0) is 22.0. The molecule has 1 aromatic heterocycles. The summed E-state index contributed by atoms with van der Waals surface area (Å²) in [6.45, 7) is 0.537. The number of anilines is 2. The Morgan fingerprint density at radius 3 is 2.52 bits per heavy atom. The Balaban J connectivity index is 1.49. The molecule has 0 saturated heterocycles. The molecule has 2 heterocycles. The second-order valence-corrected chi connectivity index (χ2v) is 7.71. The third-order valence-electron chi connectivity index (χ3n) is 4.73. The van der Waals surface area contributed by atoms with Gasteiger partial charge in [-0.3, -0.25) is 14.7 Å². The minimum atomic E-state index is -0.290. The number of urea groups is 1. The summed E-state index contributed by atoms with van der Waals surface area (Å²) in [5, 5.41) is 6.25. The molecule has 31 heavy (non-hydrogen) atoms. The van der Waals surface area contributed by atoms with Gasteiger partial charge in [0, 0.05) is 47.3 Å². The van der Waals surface area contributed by atoms with Crippen molar-refractivity contribution in [1.29, 1.82) is 0 Å². The summed E-state index contributed by atoms with van der Waals surface area (Å²) >= 11 is 12.0. The molecule has 158 valence electrons. The van der Waals surface area contributed by atoms with E-state index >= 15 is 0 Å². The molecule has 2 N–H and O–H groups in total. The van der Waals surface area contributed by atoms with Crippen molar-refractivity contribution in [2.24, 2.45) is 0 Å². The fraction of sp³-hybridized carbons (Fsp3) is 0.136. The highest BCUT2D eigenvalue weighted by molar-refractivity contribution is 6.35. The lowest BCUT2D eigenvalue weighted by Crippen LogP contribution is -2.33. The molecule has 0 spiro atoms. The summed E-state index contributed by atoms with van der Waals surface area (Å²) in [6.07, 6.45) is 2.21. The lowest BCUT2D eigenvalue weighted by Gasteiger charge is -2.18. The monoisotopic (exact) mass is 456 g/mol. The molecular formula is C22H18Cl2N4O3. The van der Waals surface area contributed by atoms with Crippen molar-refractivity contribution in [3.8, 4) is 11.5 Å². The van der Waals surface area contributed by atoms with E-state index in [2.05, 4.69) is 15.6 Å². The topological polar surface area (TPSA) is 83.6 Å². The molecule has 0 unspecified atom stereocenters.